The normalized spacial score (nSPS) is 16.5. The Morgan fingerprint density at radius 3 is 2.65 bits per heavy atom. The Morgan fingerprint density at radius 1 is 1.39 bits per heavy atom. The Balaban J connectivity index is 0.00000264. The molecule has 1 aliphatic rings. The van der Waals surface area contributed by atoms with Gasteiger partial charge in [-0.1, -0.05) is 12.1 Å². The number of hydrogen-bond acceptors (Lipinski definition) is 4. The number of thioether (sulfide) groups is 1. The van der Waals surface area contributed by atoms with Crippen LogP contribution in [0.2, 0.25) is 0 Å². The van der Waals surface area contributed by atoms with Crippen LogP contribution in [-0.4, -0.2) is 47.5 Å². The van der Waals surface area contributed by atoms with E-state index in [1.54, 1.807) is 28.8 Å². The fourth-order valence-corrected chi connectivity index (χ4v) is 3.08. The summed E-state index contributed by atoms with van der Waals surface area (Å²) in [4.78, 5) is 25.8. The number of carbonyl (C=O) groups excluding carboxylic acids is 2. The Kier molecular flexibility index (Phi) is 8.36. The molecule has 2 rings (SSSR count). The van der Waals surface area contributed by atoms with Crippen LogP contribution in [0.15, 0.2) is 24.3 Å². The molecule has 0 spiro atoms. The molecule has 2 amide bonds. The van der Waals surface area contributed by atoms with E-state index in [9.17, 15) is 14.0 Å². The predicted molar refractivity (Wildman–Crippen MR) is 92.0 cm³/mol. The van der Waals surface area contributed by atoms with Crippen molar-refractivity contribution in [3.8, 4) is 0 Å². The van der Waals surface area contributed by atoms with Crippen LogP contribution in [0.4, 0.5) is 4.39 Å². The lowest BCUT2D eigenvalue weighted by molar-refractivity contribution is -0.137. The molecule has 0 saturated carbocycles. The second kappa shape index (κ2) is 9.75. The maximum Gasteiger partial charge on any atom is 0.241 e. The number of amides is 2. The first-order valence-electron chi connectivity index (χ1n) is 7.21. The molecule has 23 heavy (non-hydrogen) atoms. The average molecular weight is 362 g/mol. The van der Waals surface area contributed by atoms with Crippen molar-refractivity contribution >= 4 is 36.0 Å². The van der Waals surface area contributed by atoms with Crippen molar-refractivity contribution in [1.82, 2.24) is 15.5 Å². The van der Waals surface area contributed by atoms with Crippen LogP contribution in [0.5, 0.6) is 0 Å². The Labute approximate surface area is 145 Å². The zero-order chi connectivity index (χ0) is 15.9. The van der Waals surface area contributed by atoms with Crippen LogP contribution < -0.4 is 10.6 Å². The fraction of sp³-hybridized carbons (Fsp3) is 0.467. The number of likely N-dealkylation sites (N-methyl/N-ethyl adjacent to an activating group) is 1. The third-order valence-electron chi connectivity index (χ3n) is 3.45. The third kappa shape index (κ3) is 6.01. The predicted octanol–water partition coefficient (Wildman–Crippen LogP) is 1.37. The molecule has 1 saturated heterocycles. The van der Waals surface area contributed by atoms with E-state index >= 15 is 0 Å². The van der Waals surface area contributed by atoms with Crippen molar-refractivity contribution in [3.05, 3.63) is 35.6 Å². The van der Waals surface area contributed by atoms with Gasteiger partial charge >= 0.3 is 0 Å². The quantitative estimate of drug-likeness (QED) is 0.803. The van der Waals surface area contributed by atoms with Gasteiger partial charge in [-0.3, -0.25) is 14.9 Å². The summed E-state index contributed by atoms with van der Waals surface area (Å²) in [5.74, 6) is 0.950. The summed E-state index contributed by atoms with van der Waals surface area (Å²) in [6.45, 7) is 2.71. The van der Waals surface area contributed by atoms with E-state index < -0.39 is 0 Å². The maximum absolute atomic E-state index is 12.8. The molecular weight excluding hydrogens is 341 g/mol. The van der Waals surface area contributed by atoms with Crippen LogP contribution in [0.25, 0.3) is 0 Å². The highest BCUT2D eigenvalue weighted by Gasteiger charge is 2.27. The maximum atomic E-state index is 12.8. The molecule has 1 atom stereocenters. The number of benzene rings is 1. The summed E-state index contributed by atoms with van der Waals surface area (Å²) in [5, 5.41) is 5.86. The molecule has 5 nitrogen and oxygen atoms in total. The average Bonchev–Trinajstić information content (AvgIpc) is 3.06. The first-order valence-corrected chi connectivity index (χ1v) is 8.36. The number of rotatable bonds is 6. The van der Waals surface area contributed by atoms with Gasteiger partial charge in [-0.2, -0.15) is 0 Å². The van der Waals surface area contributed by atoms with Crippen LogP contribution in [0.3, 0.4) is 0 Å². The standard InChI is InChI=1S/C15H20FN3O2S.ClH/c1-2-19(15(21)13-9-22-10-18-13)8-14(20)17-7-11-3-5-12(16)6-4-11;/h3-6,13,18H,2,7-10H2,1H3,(H,17,20);1H. The van der Waals surface area contributed by atoms with Gasteiger partial charge in [-0.15, -0.1) is 24.2 Å². The number of nitrogens with zero attached hydrogens (tertiary/aromatic N) is 1. The fourth-order valence-electron chi connectivity index (χ4n) is 2.15. The van der Waals surface area contributed by atoms with Crippen molar-refractivity contribution < 1.29 is 14.0 Å². The zero-order valence-electron chi connectivity index (χ0n) is 12.9. The highest BCUT2D eigenvalue weighted by Crippen LogP contribution is 2.11. The molecule has 128 valence electrons. The van der Waals surface area contributed by atoms with Crippen molar-refractivity contribution in [3.63, 3.8) is 0 Å². The van der Waals surface area contributed by atoms with E-state index in [2.05, 4.69) is 10.6 Å². The SMILES string of the molecule is CCN(CC(=O)NCc1ccc(F)cc1)C(=O)C1CSCN1.Cl. The zero-order valence-corrected chi connectivity index (χ0v) is 14.5. The third-order valence-corrected chi connectivity index (χ3v) is 4.39. The summed E-state index contributed by atoms with van der Waals surface area (Å²) in [6, 6.07) is 5.75. The van der Waals surface area contributed by atoms with Gasteiger partial charge < -0.3 is 10.2 Å². The van der Waals surface area contributed by atoms with Gasteiger partial charge in [0.1, 0.15) is 5.82 Å². The van der Waals surface area contributed by atoms with Gasteiger partial charge in [-0.05, 0) is 24.6 Å². The molecule has 1 aromatic rings. The molecule has 0 aromatic heterocycles. The lowest BCUT2D eigenvalue weighted by atomic mass is 10.2. The minimum absolute atomic E-state index is 0. The lowest BCUT2D eigenvalue weighted by Gasteiger charge is -2.23. The van der Waals surface area contributed by atoms with Crippen LogP contribution in [0.1, 0.15) is 12.5 Å². The largest absolute Gasteiger partial charge is 0.350 e. The summed E-state index contributed by atoms with van der Waals surface area (Å²) in [5.41, 5.74) is 0.818. The van der Waals surface area contributed by atoms with E-state index in [1.807, 2.05) is 6.92 Å². The van der Waals surface area contributed by atoms with Crippen LogP contribution >= 0.6 is 24.2 Å². The summed E-state index contributed by atoms with van der Waals surface area (Å²) < 4.78 is 12.8. The summed E-state index contributed by atoms with van der Waals surface area (Å²) in [6.07, 6.45) is 0. The van der Waals surface area contributed by atoms with Crippen molar-refractivity contribution in [1.29, 1.82) is 0 Å². The second-order valence-corrected chi connectivity index (χ2v) is 6.06. The monoisotopic (exact) mass is 361 g/mol. The molecular formula is C15H21ClFN3O2S. The van der Waals surface area contributed by atoms with Crippen molar-refractivity contribution in [2.75, 3.05) is 24.7 Å². The Morgan fingerprint density at radius 2 is 2.09 bits per heavy atom. The number of carbonyl (C=O) groups is 2. The molecule has 1 aliphatic heterocycles. The summed E-state index contributed by atoms with van der Waals surface area (Å²) in [7, 11) is 0. The van der Waals surface area contributed by atoms with Gasteiger partial charge in [0.25, 0.3) is 0 Å². The molecule has 0 aliphatic carbocycles. The van der Waals surface area contributed by atoms with Gasteiger partial charge in [0.05, 0.1) is 12.6 Å². The first kappa shape index (κ1) is 19.7. The van der Waals surface area contributed by atoms with Gasteiger partial charge in [0, 0.05) is 24.7 Å². The highest BCUT2D eigenvalue weighted by atomic mass is 35.5. The number of hydrogen-bond donors (Lipinski definition) is 2. The van der Waals surface area contributed by atoms with E-state index in [4.69, 9.17) is 0 Å². The van der Waals surface area contributed by atoms with Crippen molar-refractivity contribution in [2.24, 2.45) is 0 Å². The van der Waals surface area contributed by atoms with Crippen LogP contribution in [0, 0.1) is 5.82 Å². The first-order chi connectivity index (χ1) is 10.6. The van der Waals surface area contributed by atoms with E-state index in [1.165, 1.54) is 12.1 Å². The molecule has 0 bridgehead atoms. The molecule has 8 heteroatoms. The second-order valence-electron chi connectivity index (χ2n) is 5.03. The molecule has 1 fully saturated rings. The van der Waals surface area contributed by atoms with Crippen molar-refractivity contribution in [2.45, 2.75) is 19.5 Å². The van der Waals surface area contributed by atoms with Crippen LogP contribution in [-0.2, 0) is 16.1 Å². The molecule has 1 heterocycles. The smallest absolute Gasteiger partial charge is 0.241 e. The Hall–Kier alpha value is -1.31. The van der Waals surface area contributed by atoms with E-state index in [0.717, 1.165) is 17.2 Å². The molecule has 2 N–H and O–H groups in total. The Bertz CT molecular complexity index is 524. The highest BCUT2D eigenvalue weighted by molar-refractivity contribution is 7.99. The molecule has 0 radical (unpaired) electrons. The molecule has 1 unspecified atom stereocenters. The van der Waals surface area contributed by atoms with Gasteiger partial charge in [0.15, 0.2) is 0 Å². The number of nitrogens with one attached hydrogen (secondary N) is 2. The topological polar surface area (TPSA) is 61.4 Å². The van der Waals surface area contributed by atoms with E-state index in [0.29, 0.717) is 13.1 Å². The summed E-state index contributed by atoms with van der Waals surface area (Å²) >= 11 is 1.68. The van der Waals surface area contributed by atoms with Gasteiger partial charge in [0.2, 0.25) is 11.8 Å². The van der Waals surface area contributed by atoms with Gasteiger partial charge in [-0.25, -0.2) is 4.39 Å². The minimum atomic E-state index is -0.306. The minimum Gasteiger partial charge on any atom is -0.350 e. The lowest BCUT2D eigenvalue weighted by Crippen LogP contribution is -2.48. The molecule has 1 aromatic carbocycles. The van der Waals surface area contributed by atoms with E-state index in [-0.39, 0.29) is 42.6 Å². The number of halogens is 2.